The second-order valence-electron chi connectivity index (χ2n) is 3.70. The fraction of sp³-hybridized carbons (Fsp3) is 0.300. The van der Waals surface area contributed by atoms with Crippen molar-refractivity contribution >= 4 is 37.2 Å². The molecule has 0 saturated carbocycles. The molecule has 1 aromatic carbocycles. The van der Waals surface area contributed by atoms with E-state index in [4.69, 9.17) is 0 Å². The maximum atomic E-state index is 12.1. The number of thiocarbonyl (C=S) groups is 1. The van der Waals surface area contributed by atoms with Crippen LogP contribution in [0.2, 0.25) is 0 Å². The second kappa shape index (κ2) is 5.27. The number of benzene rings is 1. The molecular formula is C10H11NO4S3. The van der Waals surface area contributed by atoms with Crippen molar-refractivity contribution in [2.45, 2.75) is 28.9 Å². The average Bonchev–Trinajstić information content (AvgIpc) is 2.28. The van der Waals surface area contributed by atoms with Crippen LogP contribution in [0.1, 0.15) is 13.8 Å². The Morgan fingerprint density at radius 2 is 1.61 bits per heavy atom. The monoisotopic (exact) mass is 305 g/mol. The molecular weight excluding hydrogens is 294 g/mol. The van der Waals surface area contributed by atoms with Gasteiger partial charge in [0.15, 0.2) is 9.84 Å². The number of rotatable bonds is 4. The number of isothiocyanates is 1. The molecule has 0 amide bonds. The van der Waals surface area contributed by atoms with Crippen LogP contribution in [0.4, 0.5) is 0 Å². The van der Waals surface area contributed by atoms with Crippen LogP contribution in [0, 0.1) is 0 Å². The fourth-order valence-electron chi connectivity index (χ4n) is 1.25. The largest absolute Gasteiger partial charge is 0.292 e. The minimum atomic E-state index is -4.13. The number of sulfonamides is 1. The standard InChI is InChI=1S/C10H11NO4S3/c1-8(2)17(12,13)9-5-3-4-6-10(9)18(14,15)11-7-16/h3-6,8H,1-2H3. The Hall–Kier alpha value is -1.08. The lowest BCUT2D eigenvalue weighted by molar-refractivity contribution is 0.578. The normalized spacial score (nSPS) is 12.2. The highest BCUT2D eigenvalue weighted by atomic mass is 32.2. The van der Waals surface area contributed by atoms with Crippen molar-refractivity contribution in [2.24, 2.45) is 4.40 Å². The Bertz CT molecular complexity index is 698. The third kappa shape index (κ3) is 2.84. The highest BCUT2D eigenvalue weighted by molar-refractivity contribution is 7.94. The zero-order valence-electron chi connectivity index (χ0n) is 9.69. The van der Waals surface area contributed by atoms with Crippen LogP contribution in [0.15, 0.2) is 38.5 Å². The van der Waals surface area contributed by atoms with Gasteiger partial charge in [0.05, 0.1) is 15.3 Å². The van der Waals surface area contributed by atoms with Crippen LogP contribution in [-0.4, -0.2) is 27.2 Å². The van der Waals surface area contributed by atoms with Crippen LogP contribution in [0.25, 0.3) is 0 Å². The third-order valence-corrected chi connectivity index (χ3v) is 6.00. The van der Waals surface area contributed by atoms with Crippen molar-refractivity contribution in [2.75, 3.05) is 0 Å². The lowest BCUT2D eigenvalue weighted by Crippen LogP contribution is -2.17. The molecule has 18 heavy (non-hydrogen) atoms. The summed E-state index contributed by atoms with van der Waals surface area (Å²) in [5.74, 6) is 0. The lowest BCUT2D eigenvalue weighted by Gasteiger charge is -2.10. The Kier molecular flexibility index (Phi) is 4.39. The van der Waals surface area contributed by atoms with E-state index in [1.165, 1.54) is 38.1 Å². The van der Waals surface area contributed by atoms with E-state index in [2.05, 4.69) is 16.6 Å². The topological polar surface area (TPSA) is 80.6 Å². The minimum Gasteiger partial charge on any atom is -0.223 e. The molecule has 0 spiro atoms. The van der Waals surface area contributed by atoms with E-state index in [0.717, 1.165) is 0 Å². The van der Waals surface area contributed by atoms with Gasteiger partial charge in [-0.05, 0) is 38.2 Å². The molecule has 0 unspecified atom stereocenters. The van der Waals surface area contributed by atoms with Crippen molar-refractivity contribution in [3.8, 4) is 0 Å². The van der Waals surface area contributed by atoms with Gasteiger partial charge in [-0.2, -0.15) is 8.42 Å². The van der Waals surface area contributed by atoms with E-state index < -0.39 is 25.1 Å². The molecule has 1 rings (SSSR count). The minimum absolute atomic E-state index is 0.269. The van der Waals surface area contributed by atoms with Crippen LogP contribution < -0.4 is 0 Å². The van der Waals surface area contributed by atoms with Gasteiger partial charge in [0.25, 0.3) is 10.0 Å². The molecule has 98 valence electrons. The molecule has 0 aliphatic rings. The van der Waals surface area contributed by atoms with Gasteiger partial charge in [-0.3, -0.25) is 0 Å². The van der Waals surface area contributed by atoms with Gasteiger partial charge in [-0.1, -0.05) is 12.1 Å². The quantitative estimate of drug-likeness (QED) is 0.624. The average molecular weight is 305 g/mol. The summed E-state index contributed by atoms with van der Waals surface area (Å²) < 4.78 is 50.7. The number of sulfone groups is 1. The summed E-state index contributed by atoms with van der Waals surface area (Å²) in [6, 6.07) is 5.29. The highest BCUT2D eigenvalue weighted by Crippen LogP contribution is 2.25. The molecule has 0 heterocycles. The molecule has 8 heteroatoms. The number of hydrogen-bond acceptors (Lipinski definition) is 5. The SMILES string of the molecule is CC(C)S(=O)(=O)c1ccccc1S(=O)(=O)N=C=S. The van der Waals surface area contributed by atoms with E-state index in [1.807, 2.05) is 0 Å². The van der Waals surface area contributed by atoms with Gasteiger partial charge < -0.3 is 0 Å². The van der Waals surface area contributed by atoms with Crippen molar-refractivity contribution in [1.29, 1.82) is 0 Å². The molecule has 0 aliphatic heterocycles. The predicted octanol–water partition coefficient (Wildman–Crippen LogP) is 1.66. The second-order valence-corrected chi connectivity index (χ2v) is 7.93. The summed E-state index contributed by atoms with van der Waals surface area (Å²) in [6.07, 6.45) is 0. The Morgan fingerprint density at radius 3 is 2.06 bits per heavy atom. The molecule has 0 fully saturated rings. The molecule has 0 saturated heterocycles. The molecule has 0 radical (unpaired) electrons. The molecule has 0 atom stereocenters. The smallest absolute Gasteiger partial charge is 0.223 e. The third-order valence-electron chi connectivity index (χ3n) is 2.21. The maximum absolute atomic E-state index is 12.1. The first-order chi connectivity index (χ1) is 8.23. The molecule has 0 aliphatic carbocycles. The number of nitrogens with zero attached hydrogens (tertiary/aromatic N) is 1. The summed E-state index contributed by atoms with van der Waals surface area (Å²) in [7, 11) is -7.84. The van der Waals surface area contributed by atoms with Crippen molar-refractivity contribution in [3.63, 3.8) is 0 Å². The summed E-state index contributed by atoms with van der Waals surface area (Å²) in [5, 5.41) is 1.01. The van der Waals surface area contributed by atoms with Gasteiger partial charge >= 0.3 is 0 Å². The molecule has 0 bridgehead atoms. The zero-order valence-corrected chi connectivity index (χ0v) is 12.1. The Morgan fingerprint density at radius 1 is 1.11 bits per heavy atom. The van der Waals surface area contributed by atoms with Crippen LogP contribution in [0.5, 0.6) is 0 Å². The van der Waals surface area contributed by atoms with Crippen LogP contribution >= 0.6 is 12.2 Å². The fourth-order valence-corrected chi connectivity index (χ4v) is 4.10. The van der Waals surface area contributed by atoms with Crippen LogP contribution in [0.3, 0.4) is 0 Å². The van der Waals surface area contributed by atoms with E-state index in [9.17, 15) is 16.8 Å². The van der Waals surface area contributed by atoms with E-state index >= 15 is 0 Å². The summed E-state index contributed by atoms with van der Waals surface area (Å²) in [6.45, 7) is 2.95. The van der Waals surface area contributed by atoms with Gasteiger partial charge in [0.2, 0.25) is 0 Å². The summed E-state index contributed by atoms with van der Waals surface area (Å²) in [5.41, 5.74) is 0. The lowest BCUT2D eigenvalue weighted by atomic mass is 10.4. The van der Waals surface area contributed by atoms with Gasteiger partial charge in [0, 0.05) is 0 Å². The van der Waals surface area contributed by atoms with Crippen molar-refractivity contribution < 1.29 is 16.8 Å². The van der Waals surface area contributed by atoms with E-state index in [-0.39, 0.29) is 9.79 Å². The first-order valence-electron chi connectivity index (χ1n) is 4.90. The van der Waals surface area contributed by atoms with Gasteiger partial charge in [-0.25, -0.2) is 8.42 Å². The van der Waals surface area contributed by atoms with Crippen molar-refractivity contribution in [1.82, 2.24) is 0 Å². The zero-order chi connectivity index (χ0) is 14.0. The van der Waals surface area contributed by atoms with Gasteiger partial charge in [0.1, 0.15) is 4.90 Å². The number of hydrogen-bond donors (Lipinski definition) is 0. The molecule has 5 nitrogen and oxygen atoms in total. The molecule has 0 aromatic heterocycles. The van der Waals surface area contributed by atoms with E-state index in [1.54, 1.807) is 5.16 Å². The Labute approximate surface area is 112 Å². The predicted molar refractivity (Wildman–Crippen MR) is 71.0 cm³/mol. The molecule has 1 aromatic rings. The maximum Gasteiger partial charge on any atom is 0.292 e. The Balaban J connectivity index is 3.67. The van der Waals surface area contributed by atoms with Gasteiger partial charge in [-0.15, -0.1) is 4.40 Å². The van der Waals surface area contributed by atoms with E-state index in [0.29, 0.717) is 0 Å². The first-order valence-corrected chi connectivity index (χ1v) is 8.30. The van der Waals surface area contributed by atoms with Crippen LogP contribution in [-0.2, 0) is 19.9 Å². The first kappa shape index (κ1) is 15.0. The summed E-state index contributed by atoms with van der Waals surface area (Å²) in [4.78, 5) is -0.648. The molecule has 0 N–H and O–H groups in total. The highest BCUT2D eigenvalue weighted by Gasteiger charge is 2.27. The van der Waals surface area contributed by atoms with Crippen molar-refractivity contribution in [3.05, 3.63) is 24.3 Å². The summed E-state index contributed by atoms with van der Waals surface area (Å²) >= 11 is 4.24.